The summed E-state index contributed by atoms with van der Waals surface area (Å²) in [7, 11) is 0. The molecular formula is C19H24N2O4. The predicted octanol–water partition coefficient (Wildman–Crippen LogP) is 1.95. The lowest BCUT2D eigenvalue weighted by atomic mass is 9.90. The molecule has 0 spiro atoms. The van der Waals surface area contributed by atoms with E-state index in [1.54, 1.807) is 0 Å². The van der Waals surface area contributed by atoms with Gasteiger partial charge in [-0.25, -0.2) is 4.79 Å². The third kappa shape index (κ3) is 3.25. The van der Waals surface area contributed by atoms with Crippen molar-refractivity contribution < 1.29 is 19.1 Å². The lowest BCUT2D eigenvalue weighted by Crippen LogP contribution is -2.67. The number of benzene rings is 1. The van der Waals surface area contributed by atoms with Crippen LogP contribution in [0.1, 0.15) is 50.6 Å². The second-order valence-corrected chi connectivity index (χ2v) is 6.92. The van der Waals surface area contributed by atoms with Crippen molar-refractivity contribution in [3.8, 4) is 0 Å². The Kier molecular flexibility index (Phi) is 5.06. The highest BCUT2D eigenvalue weighted by molar-refractivity contribution is 6.09. The zero-order chi connectivity index (χ0) is 17.9. The Hall–Kier alpha value is -2.37. The van der Waals surface area contributed by atoms with Gasteiger partial charge in [-0.15, -0.1) is 0 Å². The van der Waals surface area contributed by atoms with Crippen LogP contribution in [0.3, 0.4) is 0 Å². The van der Waals surface area contributed by atoms with Crippen LogP contribution >= 0.6 is 0 Å². The highest BCUT2D eigenvalue weighted by atomic mass is 16.5. The number of nitrogens with one attached hydrogen (secondary N) is 1. The van der Waals surface area contributed by atoms with E-state index in [1.165, 1.54) is 18.2 Å². The Balaban J connectivity index is 1.86. The van der Waals surface area contributed by atoms with E-state index >= 15 is 0 Å². The van der Waals surface area contributed by atoms with E-state index in [4.69, 9.17) is 4.74 Å². The van der Waals surface area contributed by atoms with Crippen molar-refractivity contribution in [2.75, 3.05) is 6.61 Å². The van der Waals surface area contributed by atoms with Gasteiger partial charge in [0.1, 0.15) is 6.61 Å². The average molecular weight is 344 g/mol. The van der Waals surface area contributed by atoms with E-state index in [1.807, 2.05) is 30.3 Å². The Labute approximate surface area is 147 Å². The van der Waals surface area contributed by atoms with Gasteiger partial charge in [-0.05, 0) is 25.3 Å². The fourth-order valence-electron chi connectivity index (χ4n) is 3.69. The van der Waals surface area contributed by atoms with Crippen LogP contribution < -0.4 is 5.32 Å². The van der Waals surface area contributed by atoms with Crippen LogP contribution in [-0.4, -0.2) is 41.4 Å². The molecule has 25 heavy (non-hydrogen) atoms. The van der Waals surface area contributed by atoms with Crippen LogP contribution in [0.15, 0.2) is 30.3 Å². The molecule has 0 bridgehead atoms. The first-order valence-corrected chi connectivity index (χ1v) is 8.84. The molecule has 1 aromatic carbocycles. The number of carbonyl (C=O) groups is 3. The number of amides is 2. The summed E-state index contributed by atoms with van der Waals surface area (Å²) in [5.74, 6) is -1.14. The summed E-state index contributed by atoms with van der Waals surface area (Å²) in [5.41, 5.74) is -0.823. The number of ether oxygens (including phenoxy) is 1. The van der Waals surface area contributed by atoms with Gasteiger partial charge in [-0.3, -0.25) is 9.59 Å². The maximum absolute atomic E-state index is 12.9. The van der Waals surface area contributed by atoms with E-state index in [-0.39, 0.29) is 12.6 Å². The Bertz CT molecular complexity index is 642. The summed E-state index contributed by atoms with van der Waals surface area (Å²) < 4.78 is 5.30. The van der Waals surface area contributed by atoms with E-state index in [2.05, 4.69) is 5.32 Å². The number of carbonyl (C=O) groups excluding carboxylic acids is 3. The van der Waals surface area contributed by atoms with Crippen LogP contribution in [0.4, 0.5) is 0 Å². The smallest absolute Gasteiger partial charge is 0.341 e. The normalized spacial score (nSPS) is 27.5. The molecule has 1 heterocycles. The molecular weight excluding hydrogens is 320 g/mol. The lowest BCUT2D eigenvalue weighted by molar-refractivity contribution is -0.180. The minimum atomic E-state index is -1.65. The summed E-state index contributed by atoms with van der Waals surface area (Å²) in [6.07, 6.45) is 5.69. The number of rotatable bonds is 4. The zero-order valence-electron chi connectivity index (χ0n) is 14.4. The highest BCUT2D eigenvalue weighted by Gasteiger charge is 2.54. The largest absolute Gasteiger partial charge is 0.461 e. The maximum Gasteiger partial charge on any atom is 0.341 e. The molecule has 3 rings (SSSR count). The number of hydrogen-bond donors (Lipinski definition) is 1. The molecule has 2 atom stereocenters. The quantitative estimate of drug-likeness (QED) is 0.515. The van der Waals surface area contributed by atoms with Gasteiger partial charge < -0.3 is 15.0 Å². The standard InChI is InChI=1S/C19H24N2O4/c1-19(17(23)20-15-10-6-3-7-11-15)18(24)25-12-16(21(19)13-22)14-8-4-2-5-9-14/h2,4-5,8-9,13,15-16H,3,6-7,10-12H2,1H3,(H,20,23)/t16-,19-/m1/s1. The SMILES string of the molecule is C[C@@]1(C(=O)NC2CCCCC2)C(=O)OC[C@H](c2ccccc2)N1C=O. The molecule has 2 fully saturated rings. The Morgan fingerprint density at radius 2 is 1.92 bits per heavy atom. The molecule has 2 aliphatic rings. The van der Waals surface area contributed by atoms with Crippen molar-refractivity contribution in [3.05, 3.63) is 35.9 Å². The van der Waals surface area contributed by atoms with Gasteiger partial charge in [-0.2, -0.15) is 0 Å². The van der Waals surface area contributed by atoms with Gasteiger partial charge in [0, 0.05) is 6.04 Å². The van der Waals surface area contributed by atoms with Gasteiger partial charge in [0.05, 0.1) is 6.04 Å². The minimum absolute atomic E-state index is 0.0495. The van der Waals surface area contributed by atoms with E-state index < -0.39 is 23.5 Å². The van der Waals surface area contributed by atoms with Crippen molar-refractivity contribution in [1.82, 2.24) is 10.2 Å². The fraction of sp³-hybridized carbons (Fsp3) is 0.526. The monoisotopic (exact) mass is 344 g/mol. The summed E-state index contributed by atoms with van der Waals surface area (Å²) in [4.78, 5) is 38.5. The maximum atomic E-state index is 12.9. The molecule has 0 radical (unpaired) electrons. The molecule has 0 aromatic heterocycles. The van der Waals surface area contributed by atoms with Gasteiger partial charge >= 0.3 is 5.97 Å². The van der Waals surface area contributed by atoms with Gasteiger partial charge in [-0.1, -0.05) is 49.6 Å². The minimum Gasteiger partial charge on any atom is -0.461 e. The molecule has 134 valence electrons. The average Bonchev–Trinajstić information content (AvgIpc) is 2.65. The van der Waals surface area contributed by atoms with E-state index in [0.29, 0.717) is 6.41 Å². The molecule has 6 heteroatoms. The van der Waals surface area contributed by atoms with Gasteiger partial charge in [0.25, 0.3) is 5.91 Å². The number of esters is 1. The van der Waals surface area contributed by atoms with Crippen LogP contribution in [0.2, 0.25) is 0 Å². The van der Waals surface area contributed by atoms with Crippen LogP contribution in [0.25, 0.3) is 0 Å². The van der Waals surface area contributed by atoms with Crippen molar-refractivity contribution in [1.29, 1.82) is 0 Å². The predicted molar refractivity (Wildman–Crippen MR) is 91.5 cm³/mol. The number of hydrogen-bond acceptors (Lipinski definition) is 4. The molecule has 1 saturated carbocycles. The molecule has 1 saturated heterocycles. The highest BCUT2D eigenvalue weighted by Crippen LogP contribution is 2.33. The molecule has 1 aliphatic carbocycles. The third-order valence-corrected chi connectivity index (χ3v) is 5.30. The summed E-state index contributed by atoms with van der Waals surface area (Å²) in [6.45, 7) is 1.52. The van der Waals surface area contributed by atoms with Crippen molar-refractivity contribution >= 4 is 18.3 Å². The first-order chi connectivity index (χ1) is 12.1. The number of nitrogens with zero attached hydrogens (tertiary/aromatic N) is 1. The first kappa shape index (κ1) is 17.5. The van der Waals surface area contributed by atoms with Crippen LogP contribution in [-0.2, 0) is 19.1 Å². The summed E-state index contributed by atoms with van der Waals surface area (Å²) >= 11 is 0. The molecule has 2 amide bonds. The van der Waals surface area contributed by atoms with Crippen molar-refractivity contribution in [3.63, 3.8) is 0 Å². The number of cyclic esters (lactones) is 1. The summed E-state index contributed by atoms with van der Waals surface area (Å²) in [6, 6.07) is 8.88. The Morgan fingerprint density at radius 3 is 2.56 bits per heavy atom. The van der Waals surface area contributed by atoms with Crippen molar-refractivity contribution in [2.45, 2.75) is 56.7 Å². The topological polar surface area (TPSA) is 75.7 Å². The fourth-order valence-corrected chi connectivity index (χ4v) is 3.69. The zero-order valence-corrected chi connectivity index (χ0v) is 14.4. The molecule has 1 aromatic rings. The van der Waals surface area contributed by atoms with E-state index in [0.717, 1.165) is 31.2 Å². The van der Waals surface area contributed by atoms with Gasteiger partial charge in [0.2, 0.25) is 11.9 Å². The van der Waals surface area contributed by atoms with Crippen LogP contribution in [0.5, 0.6) is 0 Å². The molecule has 1 aliphatic heterocycles. The molecule has 1 N–H and O–H groups in total. The van der Waals surface area contributed by atoms with Crippen molar-refractivity contribution in [2.24, 2.45) is 0 Å². The van der Waals surface area contributed by atoms with Gasteiger partial charge in [0.15, 0.2) is 0 Å². The Morgan fingerprint density at radius 1 is 1.24 bits per heavy atom. The first-order valence-electron chi connectivity index (χ1n) is 8.84. The number of morpholine rings is 1. The summed E-state index contributed by atoms with van der Waals surface area (Å²) in [5, 5.41) is 2.96. The second-order valence-electron chi connectivity index (χ2n) is 6.92. The van der Waals surface area contributed by atoms with Crippen LogP contribution in [0, 0.1) is 0 Å². The van der Waals surface area contributed by atoms with E-state index in [9.17, 15) is 14.4 Å². The lowest BCUT2D eigenvalue weighted by Gasteiger charge is -2.44. The second kappa shape index (κ2) is 7.25. The molecule has 6 nitrogen and oxygen atoms in total. The third-order valence-electron chi connectivity index (χ3n) is 5.30. The molecule has 0 unspecified atom stereocenters.